The number of hydrogen-bond acceptors (Lipinski definition) is 2. The third-order valence-corrected chi connectivity index (χ3v) is 2.94. The summed E-state index contributed by atoms with van der Waals surface area (Å²) >= 11 is 0. The minimum absolute atomic E-state index is 0.267. The Bertz CT molecular complexity index is 550. The zero-order chi connectivity index (χ0) is 15.8. The van der Waals surface area contributed by atoms with Gasteiger partial charge in [0.1, 0.15) is 5.60 Å². The zero-order valence-electron chi connectivity index (χ0n) is 12.2. The van der Waals surface area contributed by atoms with Crippen molar-refractivity contribution < 1.29 is 27.3 Å². The van der Waals surface area contributed by atoms with Crippen LogP contribution in [-0.4, -0.2) is 22.8 Å². The number of nitrogens with zero attached hydrogens (tertiary/aromatic N) is 2. The molecule has 0 spiro atoms. The maximum absolute atomic E-state index is 12.4. The largest absolute Gasteiger partial charge is 0.448 e. The average molecular weight is 303 g/mol. The van der Waals surface area contributed by atoms with Crippen molar-refractivity contribution in [3.63, 3.8) is 0 Å². The maximum atomic E-state index is 12.4. The van der Waals surface area contributed by atoms with Crippen LogP contribution in [0.4, 0.5) is 18.0 Å². The standard InChI is InChI=1S/C14H18F3N2O2/c1-13(2,3)21-12(20)19-7-10-4-5-18(6-11(10)8-19)9-14(15,16)17/h4-6H,7-9H2,1-3H3/q+1. The van der Waals surface area contributed by atoms with Crippen LogP contribution in [0, 0.1) is 0 Å². The smallest absolute Gasteiger partial charge is 0.444 e. The minimum atomic E-state index is -4.26. The molecule has 0 N–H and O–H groups in total. The molecule has 1 aliphatic rings. The summed E-state index contributed by atoms with van der Waals surface area (Å²) < 4.78 is 43.5. The monoisotopic (exact) mass is 303 g/mol. The van der Waals surface area contributed by atoms with E-state index in [-0.39, 0.29) is 6.54 Å². The van der Waals surface area contributed by atoms with Crippen LogP contribution >= 0.6 is 0 Å². The lowest BCUT2D eigenvalue weighted by atomic mass is 10.2. The van der Waals surface area contributed by atoms with Crippen molar-refractivity contribution in [2.24, 2.45) is 0 Å². The molecule has 1 aromatic rings. The van der Waals surface area contributed by atoms with Crippen molar-refractivity contribution >= 4 is 6.09 Å². The summed E-state index contributed by atoms with van der Waals surface area (Å²) in [4.78, 5) is 13.4. The molecule has 1 amide bonds. The van der Waals surface area contributed by atoms with E-state index in [0.29, 0.717) is 12.1 Å². The highest BCUT2D eigenvalue weighted by atomic mass is 19.4. The summed E-state index contributed by atoms with van der Waals surface area (Å²) in [6.07, 6.45) is -1.90. The lowest BCUT2D eigenvalue weighted by Gasteiger charge is -2.24. The van der Waals surface area contributed by atoms with E-state index < -0.39 is 24.4 Å². The van der Waals surface area contributed by atoms with Gasteiger partial charge in [-0.05, 0) is 26.3 Å². The molecule has 0 radical (unpaired) electrons. The van der Waals surface area contributed by atoms with Crippen molar-refractivity contribution in [1.29, 1.82) is 0 Å². The number of fused-ring (bicyclic) bond motifs is 1. The van der Waals surface area contributed by atoms with Gasteiger partial charge in [-0.25, -0.2) is 4.79 Å². The van der Waals surface area contributed by atoms with Crippen LogP contribution in [0.2, 0.25) is 0 Å². The first kappa shape index (κ1) is 15.6. The Balaban J connectivity index is 2.07. The summed E-state index contributed by atoms with van der Waals surface area (Å²) in [6, 6.07) is 1.62. The lowest BCUT2D eigenvalue weighted by molar-refractivity contribution is -0.719. The van der Waals surface area contributed by atoms with Gasteiger partial charge in [0.25, 0.3) is 0 Å². The Kier molecular flexibility index (Phi) is 3.86. The second kappa shape index (κ2) is 5.20. The number of carbonyl (C=O) groups is 1. The molecular formula is C14H18F3N2O2+. The van der Waals surface area contributed by atoms with Crippen LogP contribution in [0.1, 0.15) is 31.9 Å². The highest BCUT2D eigenvalue weighted by Gasteiger charge is 2.35. The van der Waals surface area contributed by atoms with E-state index in [4.69, 9.17) is 4.74 Å². The van der Waals surface area contributed by atoms with Crippen molar-refractivity contribution in [3.8, 4) is 0 Å². The Morgan fingerprint density at radius 1 is 1.29 bits per heavy atom. The third-order valence-electron chi connectivity index (χ3n) is 2.94. The Labute approximate surface area is 121 Å². The predicted molar refractivity (Wildman–Crippen MR) is 68.2 cm³/mol. The first-order chi connectivity index (χ1) is 9.53. The fourth-order valence-corrected chi connectivity index (χ4v) is 2.14. The number of aromatic nitrogens is 1. The van der Waals surface area contributed by atoms with E-state index in [2.05, 4.69) is 0 Å². The molecule has 7 heteroatoms. The van der Waals surface area contributed by atoms with Gasteiger partial charge in [0.15, 0.2) is 12.4 Å². The lowest BCUT2D eigenvalue weighted by Crippen LogP contribution is -2.41. The number of ether oxygens (including phenoxy) is 1. The van der Waals surface area contributed by atoms with Gasteiger partial charge in [-0.3, -0.25) is 4.90 Å². The molecule has 0 aromatic carbocycles. The molecule has 0 fully saturated rings. The van der Waals surface area contributed by atoms with Gasteiger partial charge in [-0.15, -0.1) is 0 Å². The van der Waals surface area contributed by atoms with Gasteiger partial charge >= 0.3 is 12.3 Å². The Morgan fingerprint density at radius 2 is 1.90 bits per heavy atom. The second-order valence-corrected chi connectivity index (χ2v) is 6.12. The van der Waals surface area contributed by atoms with Gasteiger partial charge in [0.05, 0.1) is 13.1 Å². The third kappa shape index (κ3) is 4.34. The summed E-state index contributed by atoms with van der Waals surface area (Å²) in [5, 5.41) is 0. The van der Waals surface area contributed by atoms with Gasteiger partial charge < -0.3 is 4.74 Å². The number of carbonyl (C=O) groups excluding carboxylic acids is 1. The molecule has 0 saturated heterocycles. The van der Waals surface area contributed by atoms with Gasteiger partial charge in [0.2, 0.25) is 6.54 Å². The van der Waals surface area contributed by atoms with Crippen LogP contribution < -0.4 is 4.57 Å². The van der Waals surface area contributed by atoms with Crippen molar-refractivity contribution in [3.05, 3.63) is 29.6 Å². The van der Waals surface area contributed by atoms with E-state index in [1.165, 1.54) is 17.3 Å². The van der Waals surface area contributed by atoms with Crippen LogP contribution in [0.15, 0.2) is 18.5 Å². The topological polar surface area (TPSA) is 33.4 Å². The van der Waals surface area contributed by atoms with Crippen LogP contribution in [0.25, 0.3) is 0 Å². The summed E-state index contributed by atoms with van der Waals surface area (Å²) in [6.45, 7) is 4.90. The second-order valence-electron chi connectivity index (χ2n) is 6.12. The molecule has 116 valence electrons. The first-order valence-electron chi connectivity index (χ1n) is 6.59. The van der Waals surface area contributed by atoms with E-state index in [1.54, 1.807) is 26.8 Å². The molecule has 1 aromatic heterocycles. The predicted octanol–water partition coefficient (Wildman–Crippen LogP) is 2.79. The van der Waals surface area contributed by atoms with Crippen molar-refractivity contribution in [1.82, 2.24) is 4.90 Å². The summed E-state index contributed by atoms with van der Waals surface area (Å²) in [7, 11) is 0. The molecular weight excluding hydrogens is 285 g/mol. The number of rotatable bonds is 1. The Hall–Kier alpha value is -1.79. The van der Waals surface area contributed by atoms with Crippen molar-refractivity contribution in [2.45, 2.75) is 52.2 Å². The molecule has 0 atom stereocenters. The fourth-order valence-electron chi connectivity index (χ4n) is 2.14. The molecule has 2 heterocycles. The van der Waals surface area contributed by atoms with Gasteiger partial charge in [-0.1, -0.05) is 0 Å². The zero-order valence-corrected chi connectivity index (χ0v) is 12.2. The van der Waals surface area contributed by atoms with E-state index in [9.17, 15) is 18.0 Å². The summed E-state index contributed by atoms with van der Waals surface area (Å²) in [5.74, 6) is 0. The molecule has 0 unspecified atom stereocenters. The average Bonchev–Trinajstić information content (AvgIpc) is 2.67. The molecule has 0 aliphatic carbocycles. The van der Waals surface area contributed by atoms with Crippen LogP contribution in [0.3, 0.4) is 0 Å². The SMILES string of the molecule is CC(C)(C)OC(=O)N1Cc2cc[n+](CC(F)(F)F)cc2C1. The van der Waals surface area contributed by atoms with Gasteiger partial charge in [0, 0.05) is 11.6 Å². The molecule has 21 heavy (non-hydrogen) atoms. The highest BCUT2D eigenvalue weighted by Crippen LogP contribution is 2.23. The molecule has 1 aliphatic heterocycles. The van der Waals surface area contributed by atoms with Crippen LogP contribution in [-0.2, 0) is 24.4 Å². The molecule has 0 bridgehead atoms. The first-order valence-corrected chi connectivity index (χ1v) is 6.59. The summed E-state index contributed by atoms with van der Waals surface area (Å²) in [5.41, 5.74) is 0.967. The number of halogens is 3. The molecule has 2 rings (SSSR count). The number of hydrogen-bond donors (Lipinski definition) is 0. The highest BCUT2D eigenvalue weighted by molar-refractivity contribution is 5.69. The van der Waals surface area contributed by atoms with E-state index >= 15 is 0 Å². The maximum Gasteiger partial charge on any atom is 0.448 e. The van der Waals surface area contributed by atoms with Gasteiger partial charge in [-0.2, -0.15) is 17.7 Å². The number of amides is 1. The van der Waals surface area contributed by atoms with E-state index in [0.717, 1.165) is 10.1 Å². The molecule has 0 saturated carbocycles. The van der Waals surface area contributed by atoms with E-state index in [1.807, 2.05) is 0 Å². The minimum Gasteiger partial charge on any atom is -0.444 e. The van der Waals surface area contributed by atoms with Crippen LogP contribution in [0.5, 0.6) is 0 Å². The normalized spacial score (nSPS) is 15.0. The Morgan fingerprint density at radius 3 is 2.48 bits per heavy atom. The number of alkyl halides is 3. The van der Waals surface area contributed by atoms with Crippen molar-refractivity contribution in [2.75, 3.05) is 0 Å². The fraction of sp³-hybridized carbons (Fsp3) is 0.571. The quantitative estimate of drug-likeness (QED) is 0.748. The molecule has 4 nitrogen and oxygen atoms in total. The number of pyridine rings is 1.